The second kappa shape index (κ2) is 6.08. The maximum atomic E-state index is 11.8. The van der Waals surface area contributed by atoms with Crippen molar-refractivity contribution < 1.29 is 9.53 Å². The molecule has 0 spiro atoms. The number of rotatable bonds is 6. The molecule has 0 amide bonds. The van der Waals surface area contributed by atoms with Crippen LogP contribution in [-0.4, -0.2) is 50.2 Å². The molecule has 0 aliphatic rings. The van der Waals surface area contributed by atoms with Crippen molar-refractivity contribution in [3.05, 3.63) is 0 Å². The number of ether oxygens (including phenoxy) is 1. The molecule has 0 aromatic rings. The summed E-state index contributed by atoms with van der Waals surface area (Å²) in [6, 6.07) is 0.326. The van der Waals surface area contributed by atoms with E-state index in [4.69, 9.17) is 4.74 Å². The van der Waals surface area contributed by atoms with Crippen molar-refractivity contribution >= 4 is 5.97 Å². The Morgan fingerprint density at radius 1 is 1.53 bits per heavy atom. The third-order valence-corrected chi connectivity index (χ3v) is 2.86. The van der Waals surface area contributed by atoms with Crippen molar-refractivity contribution in [2.24, 2.45) is 0 Å². The molecule has 0 saturated heterocycles. The highest BCUT2D eigenvalue weighted by Gasteiger charge is 2.34. The Bertz CT molecular complexity index is 207. The van der Waals surface area contributed by atoms with Gasteiger partial charge in [0.2, 0.25) is 0 Å². The predicted octanol–water partition coefficient (Wildman–Crippen LogP) is 0.868. The van der Waals surface area contributed by atoms with Gasteiger partial charge in [-0.05, 0) is 48.3 Å². The van der Waals surface area contributed by atoms with Gasteiger partial charge in [-0.15, -0.1) is 0 Å². The molecule has 0 aliphatic heterocycles. The summed E-state index contributed by atoms with van der Waals surface area (Å²) in [5.74, 6) is -0.179. The van der Waals surface area contributed by atoms with Crippen LogP contribution < -0.4 is 5.32 Å². The largest absolute Gasteiger partial charge is 0.465 e. The van der Waals surface area contributed by atoms with E-state index in [-0.39, 0.29) is 5.97 Å². The van der Waals surface area contributed by atoms with Gasteiger partial charge >= 0.3 is 5.97 Å². The average Bonchev–Trinajstić information content (AvgIpc) is 2.17. The topological polar surface area (TPSA) is 41.6 Å². The molecule has 0 rings (SSSR count). The number of carbonyl (C=O) groups excluding carboxylic acids is 1. The van der Waals surface area contributed by atoms with Crippen molar-refractivity contribution in [3.8, 4) is 0 Å². The smallest absolute Gasteiger partial charge is 0.326 e. The SMILES string of the molecule is CCOC(=O)C(C)(CC(C)N(C)C)NC. The molecule has 2 unspecified atom stereocenters. The fourth-order valence-corrected chi connectivity index (χ4v) is 1.35. The van der Waals surface area contributed by atoms with E-state index in [2.05, 4.69) is 17.1 Å². The van der Waals surface area contributed by atoms with Crippen LogP contribution in [0.2, 0.25) is 0 Å². The van der Waals surface area contributed by atoms with E-state index < -0.39 is 5.54 Å². The lowest BCUT2D eigenvalue weighted by Gasteiger charge is -2.32. The van der Waals surface area contributed by atoms with E-state index in [1.807, 2.05) is 27.9 Å². The normalized spacial score (nSPS) is 17.3. The quantitative estimate of drug-likeness (QED) is 0.669. The Morgan fingerprint density at radius 3 is 2.40 bits per heavy atom. The molecule has 0 aliphatic carbocycles. The Hall–Kier alpha value is -0.610. The van der Waals surface area contributed by atoms with Gasteiger partial charge in [0.05, 0.1) is 6.61 Å². The fourth-order valence-electron chi connectivity index (χ4n) is 1.35. The van der Waals surface area contributed by atoms with Gasteiger partial charge in [0.1, 0.15) is 5.54 Å². The molecule has 4 nitrogen and oxygen atoms in total. The van der Waals surface area contributed by atoms with Crippen LogP contribution >= 0.6 is 0 Å². The molecule has 0 fully saturated rings. The summed E-state index contributed by atoms with van der Waals surface area (Å²) in [7, 11) is 5.80. The molecule has 4 heteroatoms. The van der Waals surface area contributed by atoms with Gasteiger partial charge in [-0.1, -0.05) is 0 Å². The first-order valence-corrected chi connectivity index (χ1v) is 5.40. The lowest BCUT2D eigenvalue weighted by Crippen LogP contribution is -2.52. The van der Waals surface area contributed by atoms with Gasteiger partial charge in [-0.3, -0.25) is 4.79 Å². The molecule has 0 saturated carbocycles. The van der Waals surface area contributed by atoms with Crippen LogP contribution in [0.1, 0.15) is 27.2 Å². The van der Waals surface area contributed by atoms with E-state index in [9.17, 15) is 4.79 Å². The van der Waals surface area contributed by atoms with Gasteiger partial charge in [0, 0.05) is 6.04 Å². The third kappa shape index (κ3) is 4.18. The molecule has 1 N–H and O–H groups in total. The summed E-state index contributed by atoms with van der Waals surface area (Å²) < 4.78 is 5.06. The summed E-state index contributed by atoms with van der Waals surface area (Å²) in [6.07, 6.45) is 0.731. The van der Waals surface area contributed by atoms with E-state index in [1.165, 1.54) is 0 Å². The molecule has 0 bridgehead atoms. The summed E-state index contributed by atoms with van der Waals surface area (Å²) in [5.41, 5.74) is -0.598. The van der Waals surface area contributed by atoms with Crippen molar-refractivity contribution in [3.63, 3.8) is 0 Å². The molecular formula is C11H24N2O2. The van der Waals surface area contributed by atoms with Crippen molar-refractivity contribution in [1.29, 1.82) is 0 Å². The van der Waals surface area contributed by atoms with Crippen LogP contribution in [0, 0.1) is 0 Å². The molecule has 0 heterocycles. The van der Waals surface area contributed by atoms with Gasteiger partial charge in [0.15, 0.2) is 0 Å². The highest BCUT2D eigenvalue weighted by atomic mass is 16.5. The molecule has 0 aromatic carbocycles. The van der Waals surface area contributed by atoms with Crippen molar-refractivity contribution in [2.45, 2.75) is 38.8 Å². The summed E-state index contributed by atoms with van der Waals surface area (Å²) in [6.45, 7) is 6.22. The first-order chi connectivity index (χ1) is 6.87. The van der Waals surface area contributed by atoms with Crippen molar-refractivity contribution in [1.82, 2.24) is 10.2 Å². The monoisotopic (exact) mass is 216 g/mol. The number of nitrogens with one attached hydrogen (secondary N) is 1. The first kappa shape index (κ1) is 14.4. The first-order valence-electron chi connectivity index (χ1n) is 5.40. The van der Waals surface area contributed by atoms with Crippen LogP contribution in [0.15, 0.2) is 0 Å². The summed E-state index contributed by atoms with van der Waals surface area (Å²) >= 11 is 0. The lowest BCUT2D eigenvalue weighted by molar-refractivity contribution is -0.151. The second-order valence-corrected chi connectivity index (χ2v) is 4.32. The fraction of sp³-hybridized carbons (Fsp3) is 0.909. The van der Waals surface area contributed by atoms with Crippen molar-refractivity contribution in [2.75, 3.05) is 27.7 Å². The highest BCUT2D eigenvalue weighted by Crippen LogP contribution is 2.16. The van der Waals surface area contributed by atoms with E-state index in [0.29, 0.717) is 12.6 Å². The Morgan fingerprint density at radius 2 is 2.07 bits per heavy atom. The van der Waals surface area contributed by atoms with Crippen LogP contribution in [0.4, 0.5) is 0 Å². The van der Waals surface area contributed by atoms with Gasteiger partial charge in [-0.25, -0.2) is 0 Å². The number of esters is 1. The number of hydrogen-bond acceptors (Lipinski definition) is 4. The minimum atomic E-state index is -0.598. The molecule has 90 valence electrons. The number of nitrogens with zero attached hydrogens (tertiary/aromatic N) is 1. The Balaban J connectivity index is 4.49. The number of carbonyl (C=O) groups is 1. The number of likely N-dealkylation sites (N-methyl/N-ethyl adjacent to an activating group) is 1. The minimum absolute atomic E-state index is 0.179. The van der Waals surface area contributed by atoms with Gasteiger partial charge in [0.25, 0.3) is 0 Å². The van der Waals surface area contributed by atoms with Crippen LogP contribution in [-0.2, 0) is 9.53 Å². The molecule has 15 heavy (non-hydrogen) atoms. The molecule has 2 atom stereocenters. The third-order valence-electron chi connectivity index (χ3n) is 2.86. The molecule has 0 radical (unpaired) electrons. The molecular weight excluding hydrogens is 192 g/mol. The Kier molecular flexibility index (Phi) is 5.83. The zero-order chi connectivity index (χ0) is 12.1. The van der Waals surface area contributed by atoms with Gasteiger partial charge in [-0.2, -0.15) is 0 Å². The van der Waals surface area contributed by atoms with E-state index in [1.54, 1.807) is 7.05 Å². The standard InChI is InChI=1S/C11H24N2O2/c1-7-15-10(14)11(3,12-4)8-9(2)13(5)6/h9,12H,7-8H2,1-6H3. The highest BCUT2D eigenvalue weighted by molar-refractivity contribution is 5.80. The average molecular weight is 216 g/mol. The number of hydrogen-bond donors (Lipinski definition) is 1. The van der Waals surface area contributed by atoms with E-state index in [0.717, 1.165) is 6.42 Å². The van der Waals surface area contributed by atoms with Crippen LogP contribution in [0.25, 0.3) is 0 Å². The maximum absolute atomic E-state index is 11.8. The summed E-state index contributed by atoms with van der Waals surface area (Å²) in [4.78, 5) is 13.8. The second-order valence-electron chi connectivity index (χ2n) is 4.32. The van der Waals surface area contributed by atoms with Crippen LogP contribution in [0.5, 0.6) is 0 Å². The van der Waals surface area contributed by atoms with Crippen LogP contribution in [0.3, 0.4) is 0 Å². The predicted molar refractivity (Wildman–Crippen MR) is 61.9 cm³/mol. The zero-order valence-corrected chi connectivity index (χ0v) is 10.8. The minimum Gasteiger partial charge on any atom is -0.465 e. The maximum Gasteiger partial charge on any atom is 0.326 e. The summed E-state index contributed by atoms with van der Waals surface area (Å²) in [5, 5.41) is 3.05. The zero-order valence-electron chi connectivity index (χ0n) is 10.8. The van der Waals surface area contributed by atoms with E-state index >= 15 is 0 Å². The van der Waals surface area contributed by atoms with Gasteiger partial charge < -0.3 is 15.0 Å². The Labute approximate surface area is 93.0 Å². The molecule has 0 aromatic heterocycles. The lowest BCUT2D eigenvalue weighted by atomic mass is 9.93.